The van der Waals surface area contributed by atoms with Gasteiger partial charge in [-0.1, -0.05) is 23.7 Å². The van der Waals surface area contributed by atoms with Crippen molar-refractivity contribution in [2.24, 2.45) is 0 Å². The Morgan fingerprint density at radius 3 is 2.11 bits per heavy atom. The lowest BCUT2D eigenvalue weighted by Crippen LogP contribution is -2.27. The zero-order chi connectivity index (χ0) is 21.3. The van der Waals surface area contributed by atoms with Gasteiger partial charge in [0.2, 0.25) is 10.0 Å². The second kappa shape index (κ2) is 8.20. The van der Waals surface area contributed by atoms with E-state index in [9.17, 15) is 21.6 Å². The van der Waals surface area contributed by atoms with Gasteiger partial charge >= 0.3 is 0 Å². The molecule has 7 nitrogen and oxygen atoms in total. The number of nitrogens with zero attached hydrogens (tertiary/aromatic N) is 1. The Balaban J connectivity index is 2.21. The van der Waals surface area contributed by atoms with E-state index in [0.29, 0.717) is 5.56 Å². The molecule has 0 aliphatic rings. The Kier molecular flexibility index (Phi) is 6.55. The van der Waals surface area contributed by atoms with Crippen molar-refractivity contribution >= 4 is 37.4 Å². The predicted molar refractivity (Wildman–Crippen MR) is 108 cm³/mol. The number of benzene rings is 2. The molecule has 0 saturated carbocycles. The number of hydrogen-bond donors (Lipinski definition) is 1. The van der Waals surface area contributed by atoms with Crippen LogP contribution in [-0.4, -0.2) is 47.4 Å². The van der Waals surface area contributed by atoms with E-state index in [1.165, 1.54) is 44.4 Å². The molecular weight excluding hydrogens is 424 g/mol. The molecule has 0 aliphatic carbocycles. The van der Waals surface area contributed by atoms with Crippen molar-refractivity contribution in [1.82, 2.24) is 9.62 Å². The van der Waals surface area contributed by atoms with E-state index in [1.54, 1.807) is 19.1 Å². The summed E-state index contributed by atoms with van der Waals surface area (Å²) < 4.78 is 48.9. The molecule has 0 aromatic heterocycles. The lowest BCUT2D eigenvalue weighted by molar-refractivity contribution is 0.0939. The van der Waals surface area contributed by atoms with Gasteiger partial charge in [0.05, 0.1) is 20.9 Å². The lowest BCUT2D eigenvalue weighted by Gasteiger charge is -2.16. The smallest absolute Gasteiger partial charge is 0.251 e. The standard InChI is InChI=1S/C18H21ClN2O5S2/c1-12(13-5-8-15(9-6-13)28(25,26)21(2)3)20-18(22)14-7-10-16(19)17(11-14)27(4,23)24/h5-12H,1-4H3,(H,20,22). The van der Waals surface area contributed by atoms with Gasteiger partial charge in [-0.25, -0.2) is 21.1 Å². The first kappa shape index (κ1) is 22.4. The average molecular weight is 445 g/mol. The molecule has 1 amide bonds. The minimum absolute atomic E-state index is 0.0461. The number of halogens is 1. The summed E-state index contributed by atoms with van der Waals surface area (Å²) in [5.41, 5.74) is 0.854. The number of rotatable bonds is 6. The number of sulfone groups is 1. The molecule has 2 aromatic rings. The molecule has 0 bridgehead atoms. The molecule has 2 aromatic carbocycles. The fourth-order valence-corrected chi connectivity index (χ4v) is 4.63. The number of nitrogens with one attached hydrogen (secondary N) is 1. The molecule has 0 spiro atoms. The summed E-state index contributed by atoms with van der Waals surface area (Å²) in [6, 6.07) is 9.77. The normalized spacial score (nSPS) is 13.4. The topological polar surface area (TPSA) is 101 Å². The largest absolute Gasteiger partial charge is 0.346 e. The molecule has 152 valence electrons. The first-order valence-corrected chi connectivity index (χ1v) is 11.9. The van der Waals surface area contributed by atoms with Gasteiger partial charge in [-0.05, 0) is 42.8 Å². The SMILES string of the molecule is CC(NC(=O)c1ccc(Cl)c(S(C)(=O)=O)c1)c1ccc(S(=O)(=O)N(C)C)cc1. The quantitative estimate of drug-likeness (QED) is 0.737. The first-order chi connectivity index (χ1) is 12.8. The Bertz CT molecular complexity index is 1100. The molecule has 28 heavy (non-hydrogen) atoms. The number of sulfonamides is 1. The van der Waals surface area contributed by atoms with Gasteiger partial charge in [0.15, 0.2) is 9.84 Å². The molecule has 10 heteroatoms. The summed E-state index contributed by atoms with van der Waals surface area (Å²) in [7, 11) is -4.21. The number of hydrogen-bond acceptors (Lipinski definition) is 5. The van der Waals surface area contributed by atoms with E-state index in [1.807, 2.05) is 0 Å². The van der Waals surface area contributed by atoms with Crippen LogP contribution in [0.15, 0.2) is 52.3 Å². The maximum absolute atomic E-state index is 12.5. The Morgan fingerprint density at radius 1 is 1.04 bits per heavy atom. The maximum atomic E-state index is 12.5. The summed E-state index contributed by atoms with van der Waals surface area (Å²) in [5, 5.41) is 2.80. The Hall–Kier alpha value is -1.94. The zero-order valence-electron chi connectivity index (χ0n) is 15.8. The Morgan fingerprint density at radius 2 is 1.61 bits per heavy atom. The predicted octanol–water partition coefficient (Wildman–Crippen LogP) is 2.48. The van der Waals surface area contributed by atoms with Crippen LogP contribution in [0.5, 0.6) is 0 Å². The van der Waals surface area contributed by atoms with Gasteiger partial charge in [0.25, 0.3) is 5.91 Å². The number of amides is 1. The molecule has 2 rings (SSSR count). The molecule has 1 N–H and O–H groups in total. The van der Waals surface area contributed by atoms with Gasteiger partial charge in [0.1, 0.15) is 0 Å². The van der Waals surface area contributed by atoms with E-state index in [2.05, 4.69) is 5.32 Å². The van der Waals surface area contributed by atoms with Crippen LogP contribution < -0.4 is 5.32 Å². The van der Waals surface area contributed by atoms with Crippen LogP contribution >= 0.6 is 11.6 Å². The monoisotopic (exact) mass is 444 g/mol. The fourth-order valence-electron chi connectivity index (χ4n) is 2.43. The maximum Gasteiger partial charge on any atom is 0.251 e. The third-order valence-electron chi connectivity index (χ3n) is 4.10. The highest BCUT2D eigenvalue weighted by molar-refractivity contribution is 7.90. The highest BCUT2D eigenvalue weighted by Gasteiger charge is 2.19. The van der Waals surface area contributed by atoms with Crippen molar-refractivity contribution in [2.45, 2.75) is 22.8 Å². The van der Waals surface area contributed by atoms with E-state index in [0.717, 1.165) is 10.6 Å². The van der Waals surface area contributed by atoms with Crippen LogP contribution in [0.1, 0.15) is 28.9 Å². The van der Waals surface area contributed by atoms with Crippen LogP contribution in [0.4, 0.5) is 0 Å². The number of carbonyl (C=O) groups excluding carboxylic acids is 1. The third kappa shape index (κ3) is 4.91. The molecule has 0 aliphatic heterocycles. The van der Waals surface area contributed by atoms with Crippen molar-refractivity contribution in [1.29, 1.82) is 0 Å². The van der Waals surface area contributed by atoms with Gasteiger partial charge in [0, 0.05) is 25.9 Å². The van der Waals surface area contributed by atoms with Crippen molar-refractivity contribution < 1.29 is 21.6 Å². The van der Waals surface area contributed by atoms with Crippen LogP contribution in [0.2, 0.25) is 5.02 Å². The van der Waals surface area contributed by atoms with Crippen LogP contribution in [0.25, 0.3) is 0 Å². The molecule has 0 heterocycles. The van der Waals surface area contributed by atoms with E-state index >= 15 is 0 Å². The van der Waals surface area contributed by atoms with Crippen molar-refractivity contribution in [3.8, 4) is 0 Å². The molecule has 1 unspecified atom stereocenters. The van der Waals surface area contributed by atoms with Crippen molar-refractivity contribution in [3.05, 3.63) is 58.6 Å². The van der Waals surface area contributed by atoms with Crippen molar-refractivity contribution in [2.75, 3.05) is 20.4 Å². The second-order valence-corrected chi connectivity index (χ2v) is 11.0. The first-order valence-electron chi connectivity index (χ1n) is 8.17. The van der Waals surface area contributed by atoms with Crippen LogP contribution in [0.3, 0.4) is 0 Å². The Labute approximate surface area is 170 Å². The van der Waals surface area contributed by atoms with E-state index in [-0.39, 0.29) is 20.4 Å². The van der Waals surface area contributed by atoms with Crippen molar-refractivity contribution in [3.63, 3.8) is 0 Å². The van der Waals surface area contributed by atoms with E-state index < -0.39 is 31.8 Å². The van der Waals surface area contributed by atoms with E-state index in [4.69, 9.17) is 11.6 Å². The summed E-state index contributed by atoms with van der Waals surface area (Å²) >= 11 is 5.90. The zero-order valence-corrected chi connectivity index (χ0v) is 18.2. The summed E-state index contributed by atoms with van der Waals surface area (Å²) in [5.74, 6) is -0.473. The average Bonchev–Trinajstić information content (AvgIpc) is 2.60. The summed E-state index contributed by atoms with van der Waals surface area (Å²) in [6.45, 7) is 1.74. The van der Waals surface area contributed by atoms with Crippen LogP contribution in [0, 0.1) is 0 Å². The molecule has 1 atom stereocenters. The minimum atomic E-state index is -3.57. The highest BCUT2D eigenvalue weighted by atomic mass is 35.5. The molecule has 0 saturated heterocycles. The minimum Gasteiger partial charge on any atom is -0.346 e. The van der Waals surface area contributed by atoms with Gasteiger partial charge in [-0.15, -0.1) is 0 Å². The number of carbonyl (C=O) groups is 1. The molecule has 0 radical (unpaired) electrons. The lowest BCUT2D eigenvalue weighted by atomic mass is 10.1. The molecule has 0 fully saturated rings. The van der Waals surface area contributed by atoms with Crippen LogP contribution in [-0.2, 0) is 19.9 Å². The van der Waals surface area contributed by atoms with Gasteiger partial charge in [-0.2, -0.15) is 0 Å². The third-order valence-corrected chi connectivity index (χ3v) is 7.51. The molecular formula is C18H21ClN2O5S2. The summed E-state index contributed by atoms with van der Waals surface area (Å²) in [6.07, 6.45) is 1.02. The van der Waals surface area contributed by atoms with Gasteiger partial charge < -0.3 is 5.32 Å². The summed E-state index contributed by atoms with van der Waals surface area (Å²) in [4.78, 5) is 12.5. The highest BCUT2D eigenvalue weighted by Crippen LogP contribution is 2.23. The second-order valence-electron chi connectivity index (χ2n) is 6.47. The van der Waals surface area contributed by atoms with Gasteiger partial charge in [-0.3, -0.25) is 4.79 Å². The fraction of sp³-hybridized carbons (Fsp3) is 0.278.